The number of likely N-dealkylation sites (tertiary alicyclic amines) is 1. The minimum Gasteiger partial charge on any atom is -0.465 e. The first kappa shape index (κ1) is 10.4. The molecule has 2 atom stereocenters. The van der Waals surface area contributed by atoms with Crippen LogP contribution in [-0.4, -0.2) is 35.7 Å². The van der Waals surface area contributed by atoms with E-state index in [2.05, 4.69) is 30.4 Å². The van der Waals surface area contributed by atoms with E-state index in [0.29, 0.717) is 24.9 Å². The number of carbonyl (C=O) groups is 1. The maximum Gasteiger partial charge on any atom is 0.407 e. The number of fused-ring (bicyclic) bond motifs is 3. The Labute approximate surface area is 100 Å². The lowest BCUT2D eigenvalue weighted by molar-refractivity contribution is 0.154. The van der Waals surface area contributed by atoms with Crippen molar-refractivity contribution >= 4 is 11.8 Å². The molecule has 1 saturated heterocycles. The van der Waals surface area contributed by atoms with Gasteiger partial charge in [-0.1, -0.05) is 18.2 Å². The molecule has 2 aliphatic rings. The molecule has 0 aromatic heterocycles. The highest BCUT2D eigenvalue weighted by molar-refractivity contribution is 5.67. The fourth-order valence-electron chi connectivity index (χ4n) is 3.06. The van der Waals surface area contributed by atoms with E-state index in [1.807, 2.05) is 0 Å². The van der Waals surface area contributed by atoms with Crippen molar-refractivity contribution in [3.05, 3.63) is 29.3 Å². The van der Waals surface area contributed by atoms with Gasteiger partial charge < -0.3 is 15.3 Å². The van der Waals surface area contributed by atoms with E-state index >= 15 is 0 Å². The molecular formula is C13H16N2O2. The number of nitrogens with zero attached hydrogens (tertiary/aromatic N) is 1. The lowest BCUT2D eigenvalue weighted by Gasteiger charge is -2.29. The van der Waals surface area contributed by atoms with Crippen molar-refractivity contribution in [1.29, 1.82) is 0 Å². The van der Waals surface area contributed by atoms with Crippen LogP contribution in [0.25, 0.3) is 0 Å². The summed E-state index contributed by atoms with van der Waals surface area (Å²) < 4.78 is 0. The molecule has 0 bridgehead atoms. The van der Waals surface area contributed by atoms with Crippen molar-refractivity contribution in [2.24, 2.45) is 5.92 Å². The fraction of sp³-hybridized carbons (Fsp3) is 0.462. The van der Waals surface area contributed by atoms with E-state index in [4.69, 9.17) is 5.11 Å². The minimum absolute atomic E-state index is 0.363. The summed E-state index contributed by atoms with van der Waals surface area (Å²) in [6, 6.07) is 6.27. The normalized spacial score (nSPS) is 26.1. The molecule has 0 saturated carbocycles. The zero-order valence-electron chi connectivity index (χ0n) is 9.81. The van der Waals surface area contributed by atoms with Crippen LogP contribution in [0.4, 0.5) is 10.5 Å². The fourth-order valence-corrected chi connectivity index (χ4v) is 3.06. The molecule has 2 heterocycles. The van der Waals surface area contributed by atoms with E-state index in [1.54, 1.807) is 0 Å². The second-order valence-electron chi connectivity index (χ2n) is 4.97. The van der Waals surface area contributed by atoms with Gasteiger partial charge in [0.05, 0.1) is 0 Å². The SMILES string of the molecule is Cc1cccc2c1NCC1CN(C(=O)O)CC21. The smallest absolute Gasteiger partial charge is 0.407 e. The van der Waals surface area contributed by atoms with Crippen molar-refractivity contribution in [2.45, 2.75) is 12.8 Å². The van der Waals surface area contributed by atoms with Crippen LogP contribution in [0.15, 0.2) is 18.2 Å². The van der Waals surface area contributed by atoms with Gasteiger partial charge in [0.15, 0.2) is 0 Å². The molecule has 4 heteroatoms. The Kier molecular flexibility index (Phi) is 2.24. The zero-order chi connectivity index (χ0) is 12.0. The Morgan fingerprint density at radius 1 is 1.47 bits per heavy atom. The molecule has 90 valence electrons. The van der Waals surface area contributed by atoms with Gasteiger partial charge in [0.25, 0.3) is 0 Å². The van der Waals surface area contributed by atoms with Crippen LogP contribution in [0.2, 0.25) is 0 Å². The average molecular weight is 232 g/mol. The van der Waals surface area contributed by atoms with Gasteiger partial charge in [0.1, 0.15) is 0 Å². The van der Waals surface area contributed by atoms with Crippen molar-refractivity contribution in [3.63, 3.8) is 0 Å². The number of nitrogens with one attached hydrogen (secondary N) is 1. The molecule has 0 aliphatic carbocycles. The Hall–Kier alpha value is -1.71. The van der Waals surface area contributed by atoms with Crippen molar-refractivity contribution in [2.75, 3.05) is 25.0 Å². The molecule has 1 aromatic rings. The maximum atomic E-state index is 11.0. The van der Waals surface area contributed by atoms with Gasteiger partial charge in [-0.05, 0) is 18.1 Å². The first-order valence-corrected chi connectivity index (χ1v) is 5.98. The van der Waals surface area contributed by atoms with E-state index in [0.717, 1.165) is 6.54 Å². The van der Waals surface area contributed by atoms with Gasteiger partial charge in [-0.15, -0.1) is 0 Å². The summed E-state index contributed by atoms with van der Waals surface area (Å²) in [7, 11) is 0. The quantitative estimate of drug-likeness (QED) is 0.720. The van der Waals surface area contributed by atoms with Crippen molar-refractivity contribution in [1.82, 2.24) is 4.90 Å². The molecule has 0 spiro atoms. The summed E-state index contributed by atoms with van der Waals surface area (Å²) in [5.41, 5.74) is 3.74. The minimum atomic E-state index is -0.798. The predicted molar refractivity (Wildman–Crippen MR) is 65.5 cm³/mol. The molecule has 0 radical (unpaired) electrons. The van der Waals surface area contributed by atoms with Gasteiger partial charge in [-0.3, -0.25) is 0 Å². The third kappa shape index (κ3) is 1.55. The third-order valence-corrected chi connectivity index (χ3v) is 3.96. The number of hydrogen-bond acceptors (Lipinski definition) is 2. The number of hydrogen-bond donors (Lipinski definition) is 2. The van der Waals surface area contributed by atoms with E-state index < -0.39 is 6.09 Å². The highest BCUT2D eigenvalue weighted by atomic mass is 16.4. The highest BCUT2D eigenvalue weighted by Crippen LogP contribution is 2.41. The molecule has 1 aromatic carbocycles. The van der Waals surface area contributed by atoms with Gasteiger partial charge >= 0.3 is 6.09 Å². The number of aryl methyl sites for hydroxylation is 1. The summed E-state index contributed by atoms with van der Waals surface area (Å²) in [6.07, 6.45) is -0.798. The number of amides is 1. The van der Waals surface area contributed by atoms with E-state index in [-0.39, 0.29) is 0 Å². The molecule has 4 nitrogen and oxygen atoms in total. The van der Waals surface area contributed by atoms with E-state index in [9.17, 15) is 4.79 Å². The molecule has 2 N–H and O–H groups in total. The van der Waals surface area contributed by atoms with Gasteiger partial charge in [0.2, 0.25) is 0 Å². The Morgan fingerprint density at radius 3 is 3.06 bits per heavy atom. The standard InChI is InChI=1S/C13H16N2O2/c1-8-3-2-4-10-11-7-15(13(16)17)6-9(11)5-14-12(8)10/h2-4,9,11,14H,5-7H2,1H3,(H,16,17). The number of benzene rings is 1. The van der Waals surface area contributed by atoms with Crippen LogP contribution in [-0.2, 0) is 0 Å². The maximum absolute atomic E-state index is 11.0. The second-order valence-corrected chi connectivity index (χ2v) is 4.97. The summed E-state index contributed by atoms with van der Waals surface area (Å²) in [6.45, 7) is 4.26. The first-order chi connectivity index (χ1) is 8.16. The average Bonchev–Trinajstić information content (AvgIpc) is 2.73. The molecule has 3 rings (SSSR count). The third-order valence-electron chi connectivity index (χ3n) is 3.96. The van der Waals surface area contributed by atoms with Crippen LogP contribution in [0, 0.1) is 12.8 Å². The monoisotopic (exact) mass is 232 g/mol. The van der Waals surface area contributed by atoms with Crippen LogP contribution in [0.5, 0.6) is 0 Å². The van der Waals surface area contributed by atoms with Crippen LogP contribution < -0.4 is 5.32 Å². The van der Waals surface area contributed by atoms with Gasteiger partial charge in [0, 0.05) is 37.2 Å². The number of rotatable bonds is 0. The topological polar surface area (TPSA) is 52.6 Å². The summed E-state index contributed by atoms with van der Waals surface area (Å²) in [4.78, 5) is 12.6. The van der Waals surface area contributed by atoms with Crippen LogP contribution in [0.3, 0.4) is 0 Å². The summed E-state index contributed by atoms with van der Waals surface area (Å²) in [5, 5.41) is 12.5. The molecule has 1 fully saturated rings. The summed E-state index contributed by atoms with van der Waals surface area (Å²) >= 11 is 0. The lowest BCUT2D eigenvalue weighted by Crippen LogP contribution is -2.28. The summed E-state index contributed by atoms with van der Waals surface area (Å²) in [5.74, 6) is 0.780. The van der Waals surface area contributed by atoms with E-state index in [1.165, 1.54) is 21.7 Å². The molecule has 17 heavy (non-hydrogen) atoms. The van der Waals surface area contributed by atoms with Crippen molar-refractivity contribution in [3.8, 4) is 0 Å². The Bertz CT molecular complexity index is 472. The Morgan fingerprint density at radius 2 is 2.29 bits per heavy atom. The number of para-hydroxylation sites is 1. The van der Waals surface area contributed by atoms with Crippen LogP contribution in [0.1, 0.15) is 17.0 Å². The first-order valence-electron chi connectivity index (χ1n) is 5.98. The second kappa shape index (κ2) is 3.65. The number of carboxylic acid groups (broad SMARTS) is 1. The largest absolute Gasteiger partial charge is 0.465 e. The Balaban J connectivity index is 1.97. The molecular weight excluding hydrogens is 216 g/mol. The highest BCUT2D eigenvalue weighted by Gasteiger charge is 2.39. The lowest BCUT2D eigenvalue weighted by atomic mass is 9.84. The number of anilines is 1. The molecule has 2 aliphatic heterocycles. The molecule has 1 amide bonds. The van der Waals surface area contributed by atoms with Crippen LogP contribution >= 0.6 is 0 Å². The van der Waals surface area contributed by atoms with Crippen molar-refractivity contribution < 1.29 is 9.90 Å². The predicted octanol–water partition coefficient (Wildman–Crippen LogP) is 2.11. The molecule has 2 unspecified atom stereocenters. The zero-order valence-corrected chi connectivity index (χ0v) is 9.81. The van der Waals surface area contributed by atoms with Gasteiger partial charge in [-0.2, -0.15) is 0 Å². The van der Waals surface area contributed by atoms with Gasteiger partial charge in [-0.25, -0.2) is 4.79 Å².